The first kappa shape index (κ1) is 13.7. The number of ketones is 1. The van der Waals surface area contributed by atoms with Crippen LogP contribution in [0.3, 0.4) is 0 Å². The lowest BCUT2D eigenvalue weighted by molar-refractivity contribution is -0.122. The molecule has 19 heavy (non-hydrogen) atoms. The molecule has 4 heteroatoms. The number of nitrogens with zero attached hydrogens (tertiary/aromatic N) is 1. The Labute approximate surface area is 113 Å². The molecule has 1 saturated heterocycles. The Kier molecular flexibility index (Phi) is 4.32. The van der Waals surface area contributed by atoms with Crippen molar-refractivity contribution in [2.45, 2.75) is 20.3 Å². The monoisotopic (exact) mass is 260 g/mol. The number of anilines is 1. The van der Waals surface area contributed by atoms with Gasteiger partial charge in [-0.25, -0.2) is 0 Å². The Morgan fingerprint density at radius 2 is 2.21 bits per heavy atom. The number of benzene rings is 1. The first-order valence-electron chi connectivity index (χ1n) is 6.72. The molecule has 1 N–H and O–H groups in total. The van der Waals surface area contributed by atoms with Gasteiger partial charge in [0.15, 0.2) is 5.78 Å². The summed E-state index contributed by atoms with van der Waals surface area (Å²) in [4.78, 5) is 25.6. The molecule has 102 valence electrons. The molecule has 0 bridgehead atoms. The molecular formula is C15H20N2O2. The van der Waals surface area contributed by atoms with E-state index in [1.807, 2.05) is 25.1 Å². The third-order valence-corrected chi connectivity index (χ3v) is 3.44. The van der Waals surface area contributed by atoms with Gasteiger partial charge in [-0.1, -0.05) is 19.1 Å². The van der Waals surface area contributed by atoms with Crippen LogP contribution in [0.2, 0.25) is 0 Å². The fourth-order valence-electron chi connectivity index (χ4n) is 2.29. The molecule has 1 heterocycles. The predicted molar refractivity (Wildman–Crippen MR) is 75.5 cm³/mol. The van der Waals surface area contributed by atoms with Gasteiger partial charge in [-0.3, -0.25) is 9.59 Å². The maximum atomic E-state index is 12.4. The highest BCUT2D eigenvalue weighted by molar-refractivity contribution is 5.98. The summed E-state index contributed by atoms with van der Waals surface area (Å²) in [7, 11) is 0. The smallest absolute Gasteiger partial charge is 0.231 e. The lowest BCUT2D eigenvalue weighted by Crippen LogP contribution is -2.43. The van der Waals surface area contributed by atoms with Gasteiger partial charge in [-0.15, -0.1) is 0 Å². The molecular weight excluding hydrogens is 240 g/mol. The van der Waals surface area contributed by atoms with Crippen LogP contribution in [0.15, 0.2) is 24.3 Å². The molecule has 1 aromatic carbocycles. The molecule has 1 unspecified atom stereocenters. The van der Waals surface area contributed by atoms with Crippen LogP contribution in [0.25, 0.3) is 0 Å². The Hall–Kier alpha value is -1.68. The standard InChI is InChI=1S/C15H20N2O2/c1-11-10-16-7-4-8-17(15(11)19)14-6-3-5-13(9-14)12(2)18/h3,5-6,9,11,16H,4,7-8,10H2,1-2H3. The number of nitrogens with one attached hydrogen (secondary N) is 1. The van der Waals surface area contributed by atoms with E-state index in [2.05, 4.69) is 5.32 Å². The summed E-state index contributed by atoms with van der Waals surface area (Å²) in [5, 5.41) is 3.27. The van der Waals surface area contributed by atoms with E-state index in [0.29, 0.717) is 18.7 Å². The summed E-state index contributed by atoms with van der Waals surface area (Å²) in [6, 6.07) is 7.32. The van der Waals surface area contributed by atoms with Gasteiger partial charge in [-0.05, 0) is 32.0 Å². The highest BCUT2D eigenvalue weighted by Gasteiger charge is 2.23. The van der Waals surface area contributed by atoms with E-state index in [4.69, 9.17) is 0 Å². The van der Waals surface area contributed by atoms with Crippen LogP contribution in [-0.2, 0) is 4.79 Å². The summed E-state index contributed by atoms with van der Waals surface area (Å²) in [6.45, 7) is 5.79. The Morgan fingerprint density at radius 3 is 2.95 bits per heavy atom. The molecule has 1 atom stereocenters. The third kappa shape index (κ3) is 3.20. The molecule has 1 aromatic rings. The van der Waals surface area contributed by atoms with Crippen molar-refractivity contribution in [2.24, 2.45) is 5.92 Å². The minimum Gasteiger partial charge on any atom is -0.316 e. The highest BCUT2D eigenvalue weighted by atomic mass is 16.2. The quantitative estimate of drug-likeness (QED) is 0.826. The van der Waals surface area contributed by atoms with E-state index in [1.54, 1.807) is 17.9 Å². The second-order valence-electron chi connectivity index (χ2n) is 5.06. The van der Waals surface area contributed by atoms with E-state index in [9.17, 15) is 9.59 Å². The Balaban J connectivity index is 2.29. The number of carbonyl (C=O) groups excluding carboxylic acids is 2. The zero-order valence-corrected chi connectivity index (χ0v) is 11.5. The van der Waals surface area contributed by atoms with Crippen LogP contribution in [0.5, 0.6) is 0 Å². The zero-order valence-electron chi connectivity index (χ0n) is 11.5. The van der Waals surface area contributed by atoms with Gasteiger partial charge < -0.3 is 10.2 Å². The van der Waals surface area contributed by atoms with Gasteiger partial charge in [0.1, 0.15) is 0 Å². The van der Waals surface area contributed by atoms with Crippen molar-refractivity contribution in [3.63, 3.8) is 0 Å². The molecule has 1 fully saturated rings. The summed E-state index contributed by atoms with van der Waals surface area (Å²) in [6.07, 6.45) is 0.919. The Bertz CT molecular complexity index is 485. The number of hydrogen-bond acceptors (Lipinski definition) is 3. The molecule has 0 spiro atoms. The van der Waals surface area contributed by atoms with Crippen molar-refractivity contribution in [1.82, 2.24) is 5.32 Å². The van der Waals surface area contributed by atoms with E-state index >= 15 is 0 Å². The summed E-state index contributed by atoms with van der Waals surface area (Å²) in [5.41, 5.74) is 1.48. The van der Waals surface area contributed by atoms with Gasteiger partial charge in [0.05, 0.1) is 0 Å². The summed E-state index contributed by atoms with van der Waals surface area (Å²) in [5.74, 6) is 0.102. The van der Waals surface area contributed by atoms with Gasteiger partial charge in [0.2, 0.25) is 5.91 Å². The first-order valence-corrected chi connectivity index (χ1v) is 6.72. The summed E-state index contributed by atoms with van der Waals surface area (Å²) < 4.78 is 0. The average molecular weight is 260 g/mol. The third-order valence-electron chi connectivity index (χ3n) is 3.44. The van der Waals surface area contributed by atoms with Crippen molar-refractivity contribution >= 4 is 17.4 Å². The number of rotatable bonds is 2. The second kappa shape index (κ2) is 5.97. The molecule has 1 aliphatic rings. The largest absolute Gasteiger partial charge is 0.316 e. The lowest BCUT2D eigenvalue weighted by atomic mass is 10.1. The van der Waals surface area contributed by atoms with Gasteiger partial charge >= 0.3 is 0 Å². The number of carbonyl (C=O) groups is 2. The molecule has 0 saturated carbocycles. The second-order valence-corrected chi connectivity index (χ2v) is 5.06. The number of hydrogen-bond donors (Lipinski definition) is 1. The van der Waals surface area contributed by atoms with Crippen molar-refractivity contribution in [3.8, 4) is 0 Å². The molecule has 2 rings (SSSR count). The van der Waals surface area contributed by atoms with Crippen LogP contribution >= 0.6 is 0 Å². The number of Topliss-reactive ketones (excluding diaryl/α,β-unsaturated/α-hetero) is 1. The van der Waals surface area contributed by atoms with Crippen molar-refractivity contribution in [1.29, 1.82) is 0 Å². The predicted octanol–water partition coefficient (Wildman–Crippen LogP) is 1.85. The maximum Gasteiger partial charge on any atom is 0.231 e. The molecule has 4 nitrogen and oxygen atoms in total. The minimum atomic E-state index is -0.0405. The maximum absolute atomic E-state index is 12.4. The molecule has 0 aliphatic carbocycles. The highest BCUT2D eigenvalue weighted by Crippen LogP contribution is 2.20. The van der Waals surface area contributed by atoms with Crippen molar-refractivity contribution < 1.29 is 9.59 Å². The van der Waals surface area contributed by atoms with Crippen LogP contribution < -0.4 is 10.2 Å². The average Bonchev–Trinajstić information content (AvgIpc) is 2.40. The van der Waals surface area contributed by atoms with Gasteiger partial charge in [-0.2, -0.15) is 0 Å². The van der Waals surface area contributed by atoms with Gasteiger partial charge in [0.25, 0.3) is 0 Å². The van der Waals surface area contributed by atoms with E-state index < -0.39 is 0 Å². The summed E-state index contributed by atoms with van der Waals surface area (Å²) >= 11 is 0. The normalized spacial score (nSPS) is 20.8. The van der Waals surface area contributed by atoms with Crippen molar-refractivity contribution in [2.75, 3.05) is 24.5 Å². The van der Waals surface area contributed by atoms with Crippen LogP contribution in [-0.4, -0.2) is 31.3 Å². The molecule has 1 amide bonds. The van der Waals surface area contributed by atoms with Crippen LogP contribution in [0.4, 0.5) is 5.69 Å². The Morgan fingerprint density at radius 1 is 1.42 bits per heavy atom. The zero-order chi connectivity index (χ0) is 13.8. The van der Waals surface area contributed by atoms with Crippen LogP contribution in [0.1, 0.15) is 30.6 Å². The van der Waals surface area contributed by atoms with Crippen LogP contribution in [0, 0.1) is 5.92 Å². The van der Waals surface area contributed by atoms with E-state index in [1.165, 1.54) is 0 Å². The minimum absolute atomic E-state index is 0.0241. The fourth-order valence-corrected chi connectivity index (χ4v) is 2.29. The fraction of sp³-hybridized carbons (Fsp3) is 0.467. The van der Waals surface area contributed by atoms with Crippen molar-refractivity contribution in [3.05, 3.63) is 29.8 Å². The SMILES string of the molecule is CC(=O)c1cccc(N2CCCNCC(C)C2=O)c1. The van der Waals surface area contributed by atoms with E-state index in [0.717, 1.165) is 18.7 Å². The first-order chi connectivity index (χ1) is 9.09. The molecule has 0 aromatic heterocycles. The molecule has 0 radical (unpaired) electrons. The molecule has 1 aliphatic heterocycles. The topological polar surface area (TPSA) is 49.4 Å². The van der Waals surface area contributed by atoms with E-state index in [-0.39, 0.29) is 17.6 Å². The lowest BCUT2D eigenvalue weighted by Gasteiger charge is -2.28. The number of amides is 1. The van der Waals surface area contributed by atoms with Gasteiger partial charge in [0, 0.05) is 30.3 Å².